The number of hydrogen-bond donors (Lipinski definition) is 0. The molecule has 1 fully saturated rings. The van der Waals surface area contributed by atoms with Crippen LogP contribution in [-0.2, 0) is 25.8 Å². The van der Waals surface area contributed by atoms with Gasteiger partial charge < -0.3 is 4.42 Å². The number of furan rings is 1. The predicted octanol–water partition coefficient (Wildman–Crippen LogP) is 10.8. The molecule has 54 heavy (non-hydrogen) atoms. The number of benzene rings is 2. The summed E-state index contributed by atoms with van der Waals surface area (Å²) in [6.07, 6.45) is 18.8. The van der Waals surface area contributed by atoms with Gasteiger partial charge in [-0.05, 0) is 77.5 Å². The van der Waals surface area contributed by atoms with E-state index in [0.29, 0.717) is 11.6 Å². The van der Waals surface area contributed by atoms with E-state index in [1.807, 2.05) is 12.3 Å². The highest BCUT2D eigenvalue weighted by Crippen LogP contribution is 2.46. The van der Waals surface area contributed by atoms with Gasteiger partial charge in [-0.1, -0.05) is 103 Å². The van der Waals surface area contributed by atoms with Crippen molar-refractivity contribution in [3.8, 4) is 22.5 Å². The Morgan fingerprint density at radius 3 is 2.52 bits per heavy atom. The van der Waals surface area contributed by atoms with Crippen molar-refractivity contribution >= 4 is 35.3 Å². The quantitative estimate of drug-likeness (QED) is 0.100. The van der Waals surface area contributed by atoms with Crippen molar-refractivity contribution in [2.75, 3.05) is 0 Å². The Morgan fingerprint density at radius 1 is 0.926 bits per heavy atom. The Bertz CT molecular complexity index is 2400. The second kappa shape index (κ2) is 13.4. The molecule has 1 aliphatic carbocycles. The van der Waals surface area contributed by atoms with Crippen LogP contribution in [-0.4, -0.2) is 13.1 Å². The highest BCUT2D eigenvalue weighted by Gasteiger charge is 2.47. The van der Waals surface area contributed by atoms with Crippen molar-refractivity contribution in [3.05, 3.63) is 120 Å². The number of hydrogen-bond acceptors (Lipinski definition) is 2. The molecule has 0 spiro atoms. The highest BCUT2D eigenvalue weighted by molar-refractivity contribution is 6.89. The summed E-state index contributed by atoms with van der Waals surface area (Å²) < 4.78 is 12.0. The van der Waals surface area contributed by atoms with Crippen LogP contribution in [0.15, 0.2) is 102 Å². The predicted molar refractivity (Wildman–Crippen MR) is 225 cm³/mol. The molecule has 2 aliphatic heterocycles. The van der Waals surface area contributed by atoms with E-state index in [9.17, 15) is 0 Å². The molecule has 0 saturated heterocycles. The van der Waals surface area contributed by atoms with Crippen LogP contribution in [0.25, 0.3) is 44.6 Å². The maximum absolute atomic E-state index is 6.76. The molecule has 3 atom stereocenters. The topological polar surface area (TPSA) is 33.8 Å². The molecule has 0 amide bonds. The summed E-state index contributed by atoms with van der Waals surface area (Å²) in [5.41, 5.74) is 13.0. The summed E-state index contributed by atoms with van der Waals surface area (Å²) in [5.74, 6) is 1.31. The molecule has 4 aromatic heterocycles. The zero-order valence-electron chi connectivity index (χ0n) is 33.3. The summed E-state index contributed by atoms with van der Waals surface area (Å²) >= 11 is 0. The molecule has 5 heteroatoms. The molecule has 276 valence electrons. The summed E-state index contributed by atoms with van der Waals surface area (Å²) in [6.45, 7) is 20.2. The Hall–Kier alpha value is -4.35. The minimum Gasteiger partial charge on any atom is -0.437 e. The van der Waals surface area contributed by atoms with Crippen LogP contribution in [0, 0.1) is 17.3 Å². The van der Waals surface area contributed by atoms with Gasteiger partial charge in [0.05, 0.1) is 19.6 Å². The average molecular weight is 732 g/mol. The van der Waals surface area contributed by atoms with Gasteiger partial charge in [-0.3, -0.25) is 0 Å². The summed E-state index contributed by atoms with van der Waals surface area (Å²) in [5, 5.41) is 3.83. The molecular weight excluding hydrogens is 675 g/mol. The SMILES string of the molecule is C=CC1C[n+]2ccc(CC3CCCC3)cc2-c2c(ccc3c2oc2ncccc23)CCC2c3ccccc3-c3cc(CC(C)(C)C)c([Si](C)(C)C)c[n+]3C12. The van der Waals surface area contributed by atoms with Crippen molar-refractivity contribution in [2.24, 2.45) is 17.3 Å². The van der Waals surface area contributed by atoms with E-state index >= 15 is 0 Å². The van der Waals surface area contributed by atoms with E-state index in [4.69, 9.17) is 4.42 Å². The van der Waals surface area contributed by atoms with Crippen molar-refractivity contribution < 1.29 is 13.6 Å². The van der Waals surface area contributed by atoms with E-state index in [0.717, 1.165) is 54.5 Å². The van der Waals surface area contributed by atoms with Gasteiger partial charge in [-0.25, -0.2) is 4.98 Å². The van der Waals surface area contributed by atoms with Crippen molar-refractivity contribution in [3.63, 3.8) is 0 Å². The van der Waals surface area contributed by atoms with Crippen molar-refractivity contribution in [2.45, 2.75) is 110 Å². The number of allylic oxidation sites excluding steroid dienone is 1. The van der Waals surface area contributed by atoms with E-state index in [1.165, 1.54) is 70.5 Å². The van der Waals surface area contributed by atoms with Crippen molar-refractivity contribution in [1.29, 1.82) is 0 Å². The maximum atomic E-state index is 6.76. The first-order valence-electron chi connectivity index (χ1n) is 20.6. The van der Waals surface area contributed by atoms with Crippen LogP contribution in [0.5, 0.6) is 0 Å². The van der Waals surface area contributed by atoms with Gasteiger partial charge in [0.25, 0.3) is 0 Å². The van der Waals surface area contributed by atoms with Gasteiger partial charge in [-0.15, -0.1) is 6.58 Å². The standard InChI is InChI=1S/C49H57N3OSi/c1-8-34-30-51-25-23-33(26-32-14-9-10-15-32)27-43(51)45-35(20-22-40-41-18-13-24-50-48(41)53-47(40)45)19-21-39-37-16-11-12-17-38(37)42-28-36(29-49(2,3)4)44(54(5,6)7)31-52(42)46(34)39/h8,11-13,16-18,20,22-25,27-28,31-32,34,39,46H,1,9-10,14-15,19,21,26,29-30H2,2-7H3/q+2. The second-order valence-corrected chi connectivity index (χ2v) is 24.0. The number of fused-ring (bicyclic) bond motifs is 13. The zero-order chi connectivity index (χ0) is 37.4. The lowest BCUT2D eigenvalue weighted by Gasteiger charge is -2.35. The molecule has 3 unspecified atom stereocenters. The molecule has 6 heterocycles. The monoisotopic (exact) mass is 731 g/mol. The molecule has 1 saturated carbocycles. The lowest BCUT2D eigenvalue weighted by Crippen LogP contribution is -2.57. The van der Waals surface area contributed by atoms with Crippen LogP contribution in [0.3, 0.4) is 0 Å². The fraction of sp³-hybridized carbons (Fsp3) is 0.408. The smallest absolute Gasteiger partial charge is 0.227 e. The van der Waals surface area contributed by atoms with E-state index < -0.39 is 8.07 Å². The second-order valence-electron chi connectivity index (χ2n) is 19.0. The zero-order valence-corrected chi connectivity index (χ0v) is 34.3. The molecule has 3 aliphatic rings. The van der Waals surface area contributed by atoms with Crippen LogP contribution >= 0.6 is 0 Å². The average Bonchev–Trinajstić information content (AvgIpc) is 3.79. The molecule has 0 radical (unpaired) electrons. The number of pyridine rings is 3. The Kier molecular flexibility index (Phi) is 8.80. The minimum absolute atomic E-state index is 0.204. The first kappa shape index (κ1) is 35.4. The largest absolute Gasteiger partial charge is 0.437 e. The Labute approximate surface area is 323 Å². The fourth-order valence-corrected chi connectivity index (χ4v) is 12.1. The van der Waals surface area contributed by atoms with E-state index in [2.05, 4.69) is 140 Å². The first-order valence-corrected chi connectivity index (χ1v) is 24.1. The van der Waals surface area contributed by atoms with Gasteiger partial charge in [0.1, 0.15) is 0 Å². The normalized spacial score (nSPS) is 20.2. The fourth-order valence-electron chi connectivity index (χ4n) is 10.4. The van der Waals surface area contributed by atoms with Gasteiger partial charge in [0, 0.05) is 51.8 Å². The molecule has 9 rings (SSSR count). The summed E-state index contributed by atoms with van der Waals surface area (Å²) in [7, 11) is -1.69. The van der Waals surface area contributed by atoms with Gasteiger partial charge in [-0.2, -0.15) is 9.13 Å². The first-order chi connectivity index (χ1) is 26.0. The lowest BCUT2D eigenvalue weighted by molar-refractivity contribution is -0.746. The van der Waals surface area contributed by atoms with Crippen molar-refractivity contribution in [1.82, 2.24) is 4.98 Å². The summed E-state index contributed by atoms with van der Waals surface area (Å²) in [4.78, 5) is 4.67. The number of aromatic nitrogens is 3. The third-order valence-electron chi connectivity index (χ3n) is 12.8. The third-order valence-corrected chi connectivity index (χ3v) is 14.9. The molecular formula is C49H57N3OSi+2. The molecule has 0 N–H and O–H groups in total. The van der Waals surface area contributed by atoms with Gasteiger partial charge in [0.2, 0.25) is 17.1 Å². The molecule has 4 nitrogen and oxygen atoms in total. The lowest BCUT2D eigenvalue weighted by atomic mass is 9.74. The third kappa shape index (κ3) is 6.26. The van der Waals surface area contributed by atoms with Gasteiger partial charge in [0.15, 0.2) is 30.6 Å². The van der Waals surface area contributed by atoms with Crippen LogP contribution in [0.1, 0.15) is 87.1 Å². The maximum Gasteiger partial charge on any atom is 0.227 e. The Morgan fingerprint density at radius 2 is 1.74 bits per heavy atom. The molecule has 6 aromatic rings. The van der Waals surface area contributed by atoms with E-state index in [-0.39, 0.29) is 17.4 Å². The van der Waals surface area contributed by atoms with E-state index in [1.54, 1.807) is 5.19 Å². The van der Waals surface area contributed by atoms with Crippen LogP contribution < -0.4 is 14.3 Å². The summed E-state index contributed by atoms with van der Waals surface area (Å²) in [6, 6.07) is 25.9. The number of aryl methyl sites for hydroxylation is 1. The van der Waals surface area contributed by atoms with Crippen LogP contribution in [0.4, 0.5) is 0 Å². The minimum atomic E-state index is -1.69. The molecule has 2 aromatic carbocycles. The van der Waals surface area contributed by atoms with Crippen LogP contribution in [0.2, 0.25) is 19.6 Å². The number of nitrogens with zero attached hydrogens (tertiary/aromatic N) is 3. The highest BCUT2D eigenvalue weighted by atomic mass is 28.3. The Balaban J connectivity index is 1.27. The number of rotatable bonds is 5. The molecule has 0 bridgehead atoms. The van der Waals surface area contributed by atoms with Gasteiger partial charge >= 0.3 is 0 Å².